The molecule has 96 valence electrons. The Labute approximate surface area is 114 Å². The Balaban J connectivity index is 2.03. The Morgan fingerprint density at radius 2 is 2.28 bits per heavy atom. The monoisotopic (exact) mass is 311 g/mol. The number of imidazole rings is 1. The molecule has 1 unspecified atom stereocenters. The SMILES string of the molecule is CC(NCc1nccn1C)c1ccc(Br)cc1F. The van der Waals surface area contributed by atoms with E-state index in [1.54, 1.807) is 12.3 Å². The van der Waals surface area contributed by atoms with Crippen LogP contribution < -0.4 is 5.32 Å². The zero-order chi connectivity index (χ0) is 13.1. The molecule has 0 spiro atoms. The molecular weight excluding hydrogens is 297 g/mol. The van der Waals surface area contributed by atoms with Crippen molar-refractivity contribution in [3.63, 3.8) is 0 Å². The first kappa shape index (κ1) is 13.2. The van der Waals surface area contributed by atoms with Crippen LogP contribution in [0.3, 0.4) is 0 Å². The molecule has 1 heterocycles. The van der Waals surface area contributed by atoms with Crippen LogP contribution in [0.15, 0.2) is 35.1 Å². The van der Waals surface area contributed by atoms with Crippen molar-refractivity contribution in [1.82, 2.24) is 14.9 Å². The Bertz CT molecular complexity index is 539. The van der Waals surface area contributed by atoms with Crippen molar-refractivity contribution in [2.45, 2.75) is 19.5 Å². The summed E-state index contributed by atoms with van der Waals surface area (Å²) in [7, 11) is 1.94. The zero-order valence-electron chi connectivity index (χ0n) is 10.3. The van der Waals surface area contributed by atoms with E-state index in [4.69, 9.17) is 0 Å². The Morgan fingerprint density at radius 1 is 1.50 bits per heavy atom. The standard InChI is InChI=1S/C13H15BrFN3/c1-9(11-4-3-10(14)7-12(11)15)17-8-13-16-5-6-18(13)2/h3-7,9,17H,8H2,1-2H3. The van der Waals surface area contributed by atoms with Crippen LogP contribution in [0.5, 0.6) is 0 Å². The topological polar surface area (TPSA) is 29.9 Å². The molecule has 1 atom stereocenters. The molecule has 18 heavy (non-hydrogen) atoms. The minimum Gasteiger partial charge on any atom is -0.337 e. The van der Waals surface area contributed by atoms with Gasteiger partial charge in [-0.3, -0.25) is 0 Å². The molecule has 5 heteroatoms. The lowest BCUT2D eigenvalue weighted by molar-refractivity contribution is 0.514. The van der Waals surface area contributed by atoms with Crippen LogP contribution in [-0.4, -0.2) is 9.55 Å². The fourth-order valence-electron chi connectivity index (χ4n) is 1.77. The molecule has 1 aromatic carbocycles. The summed E-state index contributed by atoms with van der Waals surface area (Å²) < 4.78 is 16.4. The van der Waals surface area contributed by atoms with Crippen LogP contribution in [0.1, 0.15) is 24.4 Å². The quantitative estimate of drug-likeness (QED) is 0.940. The number of aromatic nitrogens is 2. The summed E-state index contributed by atoms with van der Waals surface area (Å²) in [6, 6.07) is 5.05. The van der Waals surface area contributed by atoms with E-state index in [0.29, 0.717) is 12.1 Å². The highest BCUT2D eigenvalue weighted by Crippen LogP contribution is 2.21. The molecule has 0 aliphatic carbocycles. The maximum absolute atomic E-state index is 13.8. The van der Waals surface area contributed by atoms with E-state index in [2.05, 4.69) is 26.2 Å². The molecule has 3 nitrogen and oxygen atoms in total. The number of benzene rings is 1. The van der Waals surface area contributed by atoms with E-state index in [0.717, 1.165) is 10.3 Å². The molecule has 1 N–H and O–H groups in total. The summed E-state index contributed by atoms with van der Waals surface area (Å²) >= 11 is 3.25. The summed E-state index contributed by atoms with van der Waals surface area (Å²) in [5.41, 5.74) is 0.660. The van der Waals surface area contributed by atoms with Crippen molar-refractivity contribution < 1.29 is 4.39 Å². The Morgan fingerprint density at radius 3 is 2.89 bits per heavy atom. The molecule has 0 saturated carbocycles. The van der Waals surface area contributed by atoms with Crippen LogP contribution in [-0.2, 0) is 13.6 Å². The first-order valence-electron chi connectivity index (χ1n) is 5.72. The summed E-state index contributed by atoms with van der Waals surface area (Å²) in [5.74, 6) is 0.726. The van der Waals surface area contributed by atoms with Gasteiger partial charge in [0.05, 0.1) is 6.54 Å². The molecule has 0 aliphatic rings. The van der Waals surface area contributed by atoms with Gasteiger partial charge in [-0.1, -0.05) is 22.0 Å². The van der Waals surface area contributed by atoms with Crippen LogP contribution in [0.25, 0.3) is 0 Å². The van der Waals surface area contributed by atoms with Crippen molar-refractivity contribution in [2.75, 3.05) is 0 Å². The molecule has 2 rings (SSSR count). The predicted molar refractivity (Wildman–Crippen MR) is 72.6 cm³/mol. The van der Waals surface area contributed by atoms with Crippen LogP contribution >= 0.6 is 15.9 Å². The molecule has 1 aromatic heterocycles. The van der Waals surface area contributed by atoms with Gasteiger partial charge in [0, 0.05) is 35.5 Å². The van der Waals surface area contributed by atoms with Gasteiger partial charge < -0.3 is 9.88 Å². The van der Waals surface area contributed by atoms with Crippen LogP contribution in [0.4, 0.5) is 4.39 Å². The van der Waals surface area contributed by atoms with Gasteiger partial charge in [0.15, 0.2) is 0 Å². The van der Waals surface area contributed by atoms with Gasteiger partial charge >= 0.3 is 0 Å². The normalized spacial score (nSPS) is 12.7. The molecule has 0 bridgehead atoms. The lowest BCUT2D eigenvalue weighted by Gasteiger charge is -2.15. The minimum atomic E-state index is -0.204. The first-order valence-corrected chi connectivity index (χ1v) is 6.51. The maximum atomic E-state index is 13.8. The van der Waals surface area contributed by atoms with E-state index < -0.39 is 0 Å². The number of halogens is 2. The third-order valence-electron chi connectivity index (χ3n) is 2.92. The van der Waals surface area contributed by atoms with Crippen LogP contribution in [0, 0.1) is 5.82 Å². The summed E-state index contributed by atoms with van der Waals surface area (Å²) in [6.45, 7) is 2.55. The average Bonchev–Trinajstić information content (AvgIpc) is 2.72. The third kappa shape index (κ3) is 2.97. The van der Waals surface area contributed by atoms with Gasteiger partial charge in [-0.25, -0.2) is 9.37 Å². The van der Waals surface area contributed by atoms with Gasteiger partial charge in [0.25, 0.3) is 0 Å². The summed E-state index contributed by atoms with van der Waals surface area (Å²) in [5, 5.41) is 3.26. The average molecular weight is 312 g/mol. The molecular formula is C13H15BrFN3. The van der Waals surface area contributed by atoms with Crippen molar-refractivity contribution in [3.05, 3.63) is 52.3 Å². The summed E-state index contributed by atoms with van der Waals surface area (Å²) in [4.78, 5) is 4.22. The molecule has 0 saturated heterocycles. The van der Waals surface area contributed by atoms with Crippen molar-refractivity contribution in [2.24, 2.45) is 7.05 Å². The first-order chi connectivity index (χ1) is 8.58. The van der Waals surface area contributed by atoms with Crippen molar-refractivity contribution in [1.29, 1.82) is 0 Å². The number of aryl methyl sites for hydroxylation is 1. The van der Waals surface area contributed by atoms with E-state index in [-0.39, 0.29) is 11.9 Å². The number of hydrogen-bond donors (Lipinski definition) is 1. The van der Waals surface area contributed by atoms with E-state index >= 15 is 0 Å². The zero-order valence-corrected chi connectivity index (χ0v) is 11.9. The largest absolute Gasteiger partial charge is 0.337 e. The molecule has 0 amide bonds. The molecule has 0 aliphatic heterocycles. The lowest BCUT2D eigenvalue weighted by Crippen LogP contribution is -2.21. The summed E-state index contributed by atoms with van der Waals surface area (Å²) in [6.07, 6.45) is 3.64. The highest BCUT2D eigenvalue weighted by atomic mass is 79.9. The predicted octanol–water partition coefficient (Wildman–Crippen LogP) is 3.17. The fraction of sp³-hybridized carbons (Fsp3) is 0.308. The van der Waals surface area contributed by atoms with Gasteiger partial charge in [0.2, 0.25) is 0 Å². The van der Waals surface area contributed by atoms with Gasteiger partial charge in [0.1, 0.15) is 11.6 Å². The second-order valence-corrected chi connectivity index (χ2v) is 5.14. The van der Waals surface area contributed by atoms with Crippen LogP contribution in [0.2, 0.25) is 0 Å². The van der Waals surface area contributed by atoms with Gasteiger partial charge in [-0.05, 0) is 19.1 Å². The highest BCUT2D eigenvalue weighted by molar-refractivity contribution is 9.10. The van der Waals surface area contributed by atoms with E-state index in [1.807, 2.05) is 30.8 Å². The van der Waals surface area contributed by atoms with Gasteiger partial charge in [-0.15, -0.1) is 0 Å². The van der Waals surface area contributed by atoms with Gasteiger partial charge in [-0.2, -0.15) is 0 Å². The number of hydrogen-bond acceptors (Lipinski definition) is 2. The van der Waals surface area contributed by atoms with Crippen molar-refractivity contribution >= 4 is 15.9 Å². The Kier molecular flexibility index (Phi) is 4.14. The third-order valence-corrected chi connectivity index (χ3v) is 3.41. The molecule has 2 aromatic rings. The second-order valence-electron chi connectivity index (χ2n) is 4.22. The molecule has 0 radical (unpaired) electrons. The van der Waals surface area contributed by atoms with E-state index in [1.165, 1.54) is 6.07 Å². The molecule has 0 fully saturated rings. The smallest absolute Gasteiger partial charge is 0.129 e. The Hall–Kier alpha value is -1.20. The number of nitrogens with one attached hydrogen (secondary N) is 1. The number of rotatable bonds is 4. The minimum absolute atomic E-state index is 0.0604. The van der Waals surface area contributed by atoms with E-state index in [9.17, 15) is 4.39 Å². The fourth-order valence-corrected chi connectivity index (χ4v) is 2.11. The lowest BCUT2D eigenvalue weighted by atomic mass is 10.1. The number of nitrogens with zero attached hydrogens (tertiary/aromatic N) is 2. The maximum Gasteiger partial charge on any atom is 0.129 e. The highest BCUT2D eigenvalue weighted by Gasteiger charge is 2.11. The van der Waals surface area contributed by atoms with Crippen molar-refractivity contribution in [3.8, 4) is 0 Å². The second kappa shape index (κ2) is 5.63.